The normalized spacial score (nSPS) is 21.8. The summed E-state index contributed by atoms with van der Waals surface area (Å²) in [4.78, 5) is 29.8. The van der Waals surface area contributed by atoms with Gasteiger partial charge in [0, 0.05) is 36.9 Å². The quantitative estimate of drug-likeness (QED) is 0.417. The Kier molecular flexibility index (Phi) is 6.13. The number of aryl methyl sites for hydroxylation is 2. The summed E-state index contributed by atoms with van der Waals surface area (Å²) in [7, 11) is 0. The van der Waals surface area contributed by atoms with Crippen molar-refractivity contribution in [2.24, 2.45) is 0 Å². The van der Waals surface area contributed by atoms with Gasteiger partial charge in [-0.05, 0) is 31.5 Å². The first kappa shape index (κ1) is 21.5. The van der Waals surface area contributed by atoms with Gasteiger partial charge < -0.3 is 14.7 Å². The van der Waals surface area contributed by atoms with Crippen molar-refractivity contribution in [3.8, 4) is 0 Å². The first-order valence-corrected chi connectivity index (χ1v) is 10.6. The summed E-state index contributed by atoms with van der Waals surface area (Å²) < 4.78 is 5.39. The molecule has 0 radical (unpaired) electrons. The molecule has 0 aliphatic carbocycles. The molecule has 3 heterocycles. The van der Waals surface area contributed by atoms with Gasteiger partial charge in [-0.2, -0.15) is 5.10 Å². The second-order valence-corrected chi connectivity index (χ2v) is 8.25. The molecule has 2 saturated heterocycles. The molecule has 164 valence electrons. The molecule has 8 nitrogen and oxygen atoms in total. The van der Waals surface area contributed by atoms with E-state index in [1.54, 1.807) is 32.0 Å². The van der Waals surface area contributed by atoms with Gasteiger partial charge in [-0.25, -0.2) is 0 Å². The van der Waals surface area contributed by atoms with Gasteiger partial charge in [-0.1, -0.05) is 23.7 Å². The van der Waals surface area contributed by atoms with E-state index in [9.17, 15) is 14.7 Å². The summed E-state index contributed by atoms with van der Waals surface area (Å²) in [6, 6.07) is 6.31. The van der Waals surface area contributed by atoms with Crippen LogP contribution in [-0.2, 0) is 14.3 Å². The van der Waals surface area contributed by atoms with E-state index in [1.807, 2.05) is 6.07 Å². The van der Waals surface area contributed by atoms with E-state index < -0.39 is 17.7 Å². The maximum Gasteiger partial charge on any atom is 0.295 e. The number of hydrogen-bond donors (Lipinski definition) is 2. The highest BCUT2D eigenvalue weighted by Gasteiger charge is 2.46. The third-order valence-corrected chi connectivity index (χ3v) is 6.07. The van der Waals surface area contributed by atoms with E-state index in [0.29, 0.717) is 53.8 Å². The summed E-state index contributed by atoms with van der Waals surface area (Å²) in [6.07, 6.45) is 0. The van der Waals surface area contributed by atoms with Crippen LogP contribution in [0.2, 0.25) is 5.02 Å². The summed E-state index contributed by atoms with van der Waals surface area (Å²) in [5.74, 6) is -1.55. The van der Waals surface area contributed by atoms with Crippen LogP contribution in [0.15, 0.2) is 29.8 Å². The van der Waals surface area contributed by atoms with Crippen molar-refractivity contribution in [2.45, 2.75) is 19.9 Å². The van der Waals surface area contributed by atoms with E-state index >= 15 is 0 Å². The van der Waals surface area contributed by atoms with Crippen LogP contribution in [0.4, 0.5) is 0 Å². The van der Waals surface area contributed by atoms with Crippen molar-refractivity contribution in [3.63, 3.8) is 0 Å². The monoisotopic (exact) mass is 444 g/mol. The first-order chi connectivity index (χ1) is 14.9. The van der Waals surface area contributed by atoms with Crippen LogP contribution in [-0.4, -0.2) is 76.2 Å². The maximum absolute atomic E-state index is 13.1. The van der Waals surface area contributed by atoms with Crippen molar-refractivity contribution in [2.75, 3.05) is 39.4 Å². The van der Waals surface area contributed by atoms with Crippen LogP contribution in [0, 0.1) is 13.8 Å². The van der Waals surface area contributed by atoms with Crippen molar-refractivity contribution < 1.29 is 19.4 Å². The highest BCUT2D eigenvalue weighted by molar-refractivity contribution is 6.46. The number of aliphatic hydroxyl groups excluding tert-OH is 1. The number of halogens is 1. The number of H-pyrrole nitrogens is 1. The van der Waals surface area contributed by atoms with Gasteiger partial charge in [0.25, 0.3) is 11.7 Å². The van der Waals surface area contributed by atoms with Gasteiger partial charge in [-0.3, -0.25) is 19.6 Å². The number of amides is 1. The van der Waals surface area contributed by atoms with E-state index in [2.05, 4.69) is 15.1 Å². The molecule has 2 aliphatic heterocycles. The van der Waals surface area contributed by atoms with Gasteiger partial charge in [0.2, 0.25) is 0 Å². The minimum Gasteiger partial charge on any atom is -0.507 e. The molecule has 2 aromatic rings. The molecular weight excluding hydrogens is 420 g/mol. The second-order valence-electron chi connectivity index (χ2n) is 7.81. The zero-order valence-electron chi connectivity index (χ0n) is 17.5. The van der Waals surface area contributed by atoms with Gasteiger partial charge >= 0.3 is 0 Å². The van der Waals surface area contributed by atoms with Crippen LogP contribution in [0.1, 0.15) is 28.6 Å². The highest BCUT2D eigenvalue weighted by atomic mass is 35.5. The predicted octanol–water partition coefficient (Wildman–Crippen LogP) is 2.43. The molecule has 1 aromatic heterocycles. The van der Waals surface area contributed by atoms with E-state index in [1.165, 1.54) is 4.90 Å². The molecule has 0 spiro atoms. The average Bonchev–Trinajstić information content (AvgIpc) is 3.23. The Hall–Kier alpha value is -2.68. The van der Waals surface area contributed by atoms with E-state index in [4.69, 9.17) is 16.3 Å². The Labute approximate surface area is 185 Å². The Morgan fingerprint density at radius 2 is 2.00 bits per heavy atom. The van der Waals surface area contributed by atoms with Crippen molar-refractivity contribution >= 4 is 29.1 Å². The molecular formula is C22H25ClN4O4. The maximum atomic E-state index is 13.1. The first-order valence-electron chi connectivity index (χ1n) is 10.2. The molecule has 31 heavy (non-hydrogen) atoms. The number of ether oxygens (including phenoxy) is 1. The SMILES string of the molecule is Cc1n[nH]c(C)c1/C(O)=C1\C(=O)C(=O)N(CCN2CCOCC2)C1c1cccc(Cl)c1. The highest BCUT2D eigenvalue weighted by Crippen LogP contribution is 2.40. The molecule has 2 N–H and O–H groups in total. The fourth-order valence-electron chi connectivity index (χ4n) is 4.24. The van der Waals surface area contributed by atoms with Crippen LogP contribution in [0.25, 0.3) is 5.76 Å². The Morgan fingerprint density at radius 3 is 2.65 bits per heavy atom. The average molecular weight is 445 g/mol. The number of morpholine rings is 1. The van der Waals surface area contributed by atoms with Gasteiger partial charge in [0.15, 0.2) is 0 Å². The third-order valence-electron chi connectivity index (χ3n) is 5.83. The molecule has 0 bridgehead atoms. The van der Waals surface area contributed by atoms with Crippen molar-refractivity contribution in [1.82, 2.24) is 20.0 Å². The Morgan fingerprint density at radius 1 is 1.26 bits per heavy atom. The molecule has 0 saturated carbocycles. The number of nitrogens with one attached hydrogen (secondary N) is 1. The number of ketones is 1. The van der Waals surface area contributed by atoms with Gasteiger partial charge in [0.1, 0.15) is 5.76 Å². The smallest absolute Gasteiger partial charge is 0.295 e. The molecule has 2 aliphatic rings. The number of likely N-dealkylation sites (tertiary alicyclic amines) is 1. The standard InChI is InChI=1S/C22H25ClN4O4/c1-13-17(14(2)25-24-13)20(28)18-19(15-4-3-5-16(23)12-15)27(22(30)21(18)29)7-6-26-8-10-31-11-9-26/h3-5,12,19,28H,6-11H2,1-2H3,(H,24,25)/b20-18+. The number of carbonyl (C=O) groups is 2. The number of nitrogens with zero attached hydrogens (tertiary/aromatic N) is 3. The lowest BCUT2D eigenvalue weighted by atomic mass is 9.94. The lowest BCUT2D eigenvalue weighted by Crippen LogP contribution is -2.42. The molecule has 1 aromatic carbocycles. The third kappa shape index (κ3) is 4.11. The molecule has 2 fully saturated rings. The number of carbonyl (C=O) groups excluding carboxylic acids is 2. The van der Waals surface area contributed by atoms with Gasteiger partial charge in [-0.15, -0.1) is 0 Å². The number of Topliss-reactive ketones (excluding diaryl/α,β-unsaturated/α-hetero) is 1. The summed E-state index contributed by atoms with van der Waals surface area (Å²) in [6.45, 7) is 7.31. The molecule has 1 atom stereocenters. The summed E-state index contributed by atoms with van der Waals surface area (Å²) in [5.41, 5.74) is 2.35. The fraction of sp³-hybridized carbons (Fsp3) is 0.409. The van der Waals surface area contributed by atoms with Crippen LogP contribution in [0.5, 0.6) is 0 Å². The zero-order valence-corrected chi connectivity index (χ0v) is 18.3. The summed E-state index contributed by atoms with van der Waals surface area (Å²) in [5, 5.41) is 18.6. The predicted molar refractivity (Wildman–Crippen MR) is 116 cm³/mol. The number of aromatic amines is 1. The van der Waals surface area contributed by atoms with Crippen LogP contribution < -0.4 is 0 Å². The lowest BCUT2D eigenvalue weighted by molar-refractivity contribution is -0.140. The molecule has 4 rings (SSSR count). The molecule has 1 unspecified atom stereocenters. The van der Waals surface area contributed by atoms with Gasteiger partial charge in [0.05, 0.1) is 36.1 Å². The number of aromatic nitrogens is 2. The largest absolute Gasteiger partial charge is 0.507 e. The van der Waals surface area contributed by atoms with Crippen molar-refractivity contribution in [1.29, 1.82) is 0 Å². The zero-order chi connectivity index (χ0) is 22.1. The number of benzene rings is 1. The number of rotatable bonds is 5. The van der Waals surface area contributed by atoms with Crippen molar-refractivity contribution in [3.05, 3.63) is 57.4 Å². The van der Waals surface area contributed by atoms with E-state index in [-0.39, 0.29) is 11.3 Å². The lowest BCUT2D eigenvalue weighted by Gasteiger charge is -2.31. The number of aliphatic hydroxyl groups is 1. The number of hydrogen-bond acceptors (Lipinski definition) is 6. The topological polar surface area (TPSA) is 98.8 Å². The second kappa shape index (κ2) is 8.82. The summed E-state index contributed by atoms with van der Waals surface area (Å²) >= 11 is 6.22. The van der Waals surface area contributed by atoms with E-state index in [0.717, 1.165) is 13.1 Å². The van der Waals surface area contributed by atoms with Crippen LogP contribution >= 0.6 is 11.6 Å². The molecule has 9 heteroatoms. The Balaban J connectivity index is 1.77. The van der Waals surface area contributed by atoms with Crippen LogP contribution in [0.3, 0.4) is 0 Å². The Bertz CT molecular complexity index is 1020. The fourth-order valence-corrected chi connectivity index (χ4v) is 4.44. The minimum atomic E-state index is -0.728. The molecule has 1 amide bonds. The minimum absolute atomic E-state index is 0.0573.